The highest BCUT2D eigenvalue weighted by Crippen LogP contribution is 2.38. The van der Waals surface area contributed by atoms with Crippen molar-refractivity contribution in [3.8, 4) is 5.75 Å². The maximum absolute atomic E-state index is 13.4. The minimum atomic E-state index is -1.81. The Morgan fingerprint density at radius 3 is 1.43 bits per heavy atom. The normalized spacial score (nSPS) is 37.1. The lowest BCUT2D eigenvalue weighted by Gasteiger charge is -2.42. The third kappa shape index (κ3) is 13.8. The summed E-state index contributed by atoms with van der Waals surface area (Å²) >= 11 is 0. The highest BCUT2D eigenvalue weighted by molar-refractivity contribution is 5.91. The van der Waals surface area contributed by atoms with E-state index in [-0.39, 0.29) is 41.1 Å². The molecule has 3 fully saturated rings. The first-order chi connectivity index (χ1) is 35.8. The first kappa shape index (κ1) is 59.2. The van der Waals surface area contributed by atoms with Gasteiger partial charge in [-0.15, -0.1) is 0 Å². The fourth-order valence-electron chi connectivity index (χ4n) is 8.80. The lowest BCUT2D eigenvalue weighted by atomic mass is 9.86. The fraction of sp³-hybridized carbons (Fsp3) is 0.625. The van der Waals surface area contributed by atoms with Gasteiger partial charge in [0.15, 0.2) is 18.9 Å². The lowest BCUT2D eigenvalue weighted by Crippen LogP contribution is -2.60. The lowest BCUT2D eigenvalue weighted by molar-refractivity contribution is -0.327. The number of benzene rings is 1. The van der Waals surface area contributed by atoms with Gasteiger partial charge in [-0.2, -0.15) is 0 Å². The molecule has 27 heteroatoms. The van der Waals surface area contributed by atoms with Crippen LogP contribution in [0.15, 0.2) is 71.2 Å². The summed E-state index contributed by atoms with van der Waals surface area (Å²) in [6.45, 7) is 0.862. The molecule has 0 saturated carbocycles. The van der Waals surface area contributed by atoms with Crippen molar-refractivity contribution in [3.63, 3.8) is 0 Å². The third-order valence-electron chi connectivity index (χ3n) is 13.1. The summed E-state index contributed by atoms with van der Waals surface area (Å²) in [5.41, 5.74) is 0.788. The summed E-state index contributed by atoms with van der Waals surface area (Å²) in [4.78, 5) is 52.3. The summed E-state index contributed by atoms with van der Waals surface area (Å²) in [5.74, 6) is -5.53. The second kappa shape index (κ2) is 26.8. The van der Waals surface area contributed by atoms with Gasteiger partial charge >= 0.3 is 23.9 Å². The zero-order valence-corrected chi connectivity index (χ0v) is 41.0. The van der Waals surface area contributed by atoms with Crippen LogP contribution in [0.2, 0.25) is 0 Å². The minimum absolute atomic E-state index is 0.0730. The van der Waals surface area contributed by atoms with E-state index >= 15 is 0 Å². The number of ether oxygens (including phenoxy) is 12. The van der Waals surface area contributed by atoms with Gasteiger partial charge in [-0.25, -0.2) is 9.59 Å². The summed E-state index contributed by atoms with van der Waals surface area (Å²) in [6.07, 6.45) is -23.2. The smallest absolute Gasteiger partial charge is 0.337 e. The monoisotopic (exact) mass is 1070 g/mol. The van der Waals surface area contributed by atoms with Crippen LogP contribution in [0.4, 0.5) is 0 Å². The Morgan fingerprint density at radius 2 is 0.987 bits per heavy atom. The van der Waals surface area contributed by atoms with E-state index in [9.17, 15) is 75.3 Å². The number of methoxy groups -OCH3 is 2. The summed E-state index contributed by atoms with van der Waals surface area (Å²) < 4.78 is 65.8. The van der Waals surface area contributed by atoms with Gasteiger partial charge in [0.2, 0.25) is 12.6 Å². The molecule has 6 rings (SSSR count). The molecule has 0 aromatic heterocycles. The highest BCUT2D eigenvalue weighted by Gasteiger charge is 2.50. The molecule has 19 atom stereocenters. The van der Waals surface area contributed by atoms with Gasteiger partial charge in [0.25, 0.3) is 0 Å². The van der Waals surface area contributed by atoms with Gasteiger partial charge < -0.3 is 113 Å². The number of allylic oxidation sites excluding steroid dienone is 2. The molecule has 5 aliphatic rings. The van der Waals surface area contributed by atoms with Gasteiger partial charge in [-0.1, -0.05) is 24.3 Å². The molecule has 0 spiro atoms. The third-order valence-corrected chi connectivity index (χ3v) is 13.1. The summed E-state index contributed by atoms with van der Waals surface area (Å²) in [5, 5.41) is 113. The number of rotatable bonds is 19. The minimum Gasteiger partial charge on any atom is -0.468 e. The molecule has 1 aromatic carbocycles. The molecule has 2 unspecified atom stereocenters. The average Bonchev–Trinajstić information content (AvgIpc) is 3.40. The Morgan fingerprint density at radius 1 is 0.560 bits per heavy atom. The zero-order valence-electron chi connectivity index (χ0n) is 41.0. The van der Waals surface area contributed by atoms with Gasteiger partial charge in [0.05, 0.1) is 70.6 Å². The van der Waals surface area contributed by atoms with Crippen LogP contribution in [0, 0.1) is 11.8 Å². The molecular formula is C48H64O27. The molecule has 75 heavy (non-hydrogen) atoms. The van der Waals surface area contributed by atoms with Gasteiger partial charge in [-0.3, -0.25) is 9.59 Å². The summed E-state index contributed by atoms with van der Waals surface area (Å²) in [6, 6.07) is 6.15. The zero-order chi connectivity index (χ0) is 54.8. The van der Waals surface area contributed by atoms with Crippen LogP contribution >= 0.6 is 0 Å². The molecule has 418 valence electrons. The number of carbonyl (C=O) groups is 4. The molecular weight excluding hydrogens is 1010 g/mol. The molecule has 5 heterocycles. The number of carbonyl (C=O) groups excluding carboxylic acids is 4. The second-order valence-electron chi connectivity index (χ2n) is 17.8. The van der Waals surface area contributed by atoms with Crippen molar-refractivity contribution < 1.29 is 132 Å². The molecule has 0 aliphatic carbocycles. The van der Waals surface area contributed by atoms with E-state index in [4.69, 9.17) is 56.8 Å². The SMILES string of the molecule is C/C=C1\[C@H](O[C@@H]2O[C@H](CO)[C@@H](O)[C@H](O)[C@H]2O)OC=C(C(=O)OC)[C@H]1CC(=O)Oc1ccc(CCO[C@H]2OC(COC(=O)CC3C(C(=O)OC)=CO[C@@H](O[C@@H]4O[C@H](CO)[C@@H](O)[C@H](O)[C@H]4O)/C3=C/C)[C@H](O)[C@@H](O)[C@@H]2O)cc1. The Balaban J connectivity index is 1.01. The Kier molecular flexibility index (Phi) is 21.2. The second-order valence-corrected chi connectivity index (χ2v) is 17.8. The van der Waals surface area contributed by atoms with Crippen molar-refractivity contribution in [2.24, 2.45) is 11.8 Å². The molecule has 5 aliphatic heterocycles. The maximum Gasteiger partial charge on any atom is 0.337 e. The standard InChI is InChI=1S/C48H64O27/c1-5-22-24(26(42(62)64-3)17-68-44(22)74-47-40(60)36(56)33(53)28(15-49)71-47)13-31(51)67-19-30-35(55)38(58)39(59)46(73-30)66-12-11-20-7-9-21(10-8-20)70-32(52)14-25-23(6-2)45(69-18-27(25)43(63)65-4)75-48-41(61)37(57)34(54)29(16-50)72-48/h5-10,17-18,24-25,28-30,33-41,44-50,53-61H,11-16,19H2,1-4H3/b22-5+,23-6-/t24?,25-,28+,29+,30?,33+,34+,35-,36-,37-,38+,39-,40+,41+,44-,45-,46-,47-,48-/m0/s1. The van der Waals surface area contributed by atoms with Crippen molar-refractivity contribution in [3.05, 3.63) is 76.8 Å². The van der Waals surface area contributed by atoms with E-state index in [1.807, 2.05) is 0 Å². The van der Waals surface area contributed by atoms with E-state index in [0.29, 0.717) is 5.56 Å². The Labute approximate surface area is 428 Å². The molecule has 0 amide bonds. The van der Waals surface area contributed by atoms with Gasteiger partial charge in [0.1, 0.15) is 85.6 Å². The van der Waals surface area contributed by atoms with Crippen LogP contribution in [-0.2, 0) is 77.7 Å². The van der Waals surface area contributed by atoms with Crippen molar-refractivity contribution in [1.82, 2.24) is 0 Å². The van der Waals surface area contributed by atoms with Gasteiger partial charge in [-0.05, 0) is 38.0 Å². The van der Waals surface area contributed by atoms with Crippen molar-refractivity contribution in [2.75, 3.05) is 40.6 Å². The number of esters is 4. The number of hydrogen-bond acceptors (Lipinski definition) is 27. The molecule has 3 saturated heterocycles. The Hall–Kier alpha value is -5.02. The van der Waals surface area contributed by atoms with Crippen molar-refractivity contribution in [2.45, 2.75) is 138 Å². The predicted octanol–water partition coefficient (Wildman–Crippen LogP) is -4.13. The quantitative estimate of drug-likeness (QED) is 0.0271. The van der Waals surface area contributed by atoms with E-state index in [2.05, 4.69) is 0 Å². The van der Waals surface area contributed by atoms with Crippen molar-refractivity contribution >= 4 is 23.9 Å². The largest absolute Gasteiger partial charge is 0.468 e. The van der Waals surface area contributed by atoms with Crippen LogP contribution in [0.25, 0.3) is 0 Å². The van der Waals surface area contributed by atoms with Crippen LogP contribution in [0.1, 0.15) is 32.3 Å². The summed E-state index contributed by atoms with van der Waals surface area (Å²) in [7, 11) is 2.22. The first-order valence-corrected chi connectivity index (χ1v) is 23.7. The molecule has 27 nitrogen and oxygen atoms in total. The average molecular weight is 1070 g/mol. The maximum atomic E-state index is 13.4. The Bertz CT molecular complexity index is 2230. The van der Waals surface area contributed by atoms with E-state index in [0.717, 1.165) is 26.7 Å². The van der Waals surface area contributed by atoms with Crippen LogP contribution in [0.5, 0.6) is 5.75 Å². The molecule has 0 bridgehead atoms. The predicted molar refractivity (Wildman–Crippen MR) is 243 cm³/mol. The fourth-order valence-corrected chi connectivity index (χ4v) is 8.80. The molecule has 0 radical (unpaired) electrons. The highest BCUT2D eigenvalue weighted by atomic mass is 16.8. The topological polar surface area (TPSA) is 402 Å². The van der Waals surface area contributed by atoms with Gasteiger partial charge in [0, 0.05) is 23.0 Å². The van der Waals surface area contributed by atoms with Crippen LogP contribution in [0.3, 0.4) is 0 Å². The van der Waals surface area contributed by atoms with E-state index < -0.39 is 173 Å². The number of aliphatic hydroxyl groups is 11. The number of hydrogen-bond donors (Lipinski definition) is 11. The van der Waals surface area contributed by atoms with E-state index in [1.165, 1.54) is 31.2 Å². The van der Waals surface area contributed by atoms with Crippen molar-refractivity contribution in [1.29, 1.82) is 0 Å². The molecule has 11 N–H and O–H groups in total. The molecule has 1 aromatic rings. The number of aliphatic hydroxyl groups excluding tert-OH is 11. The first-order valence-electron chi connectivity index (χ1n) is 23.7. The van der Waals surface area contributed by atoms with E-state index in [1.54, 1.807) is 19.1 Å². The van der Waals surface area contributed by atoms with Crippen LogP contribution < -0.4 is 4.74 Å². The van der Waals surface area contributed by atoms with Crippen LogP contribution in [-0.4, -0.2) is 225 Å².